The number of aryl methyl sites for hydroxylation is 1. The first-order valence-electron chi connectivity index (χ1n) is 8.42. The first-order valence-corrected chi connectivity index (χ1v) is 8.42. The predicted octanol–water partition coefficient (Wildman–Crippen LogP) is 1.56. The number of halogens is 2. The molecule has 1 unspecified atom stereocenters. The Morgan fingerprint density at radius 3 is 2.84 bits per heavy atom. The van der Waals surface area contributed by atoms with Crippen LogP contribution in [0.5, 0.6) is 0 Å². The Bertz CT molecular complexity index is 707. The van der Waals surface area contributed by atoms with Crippen LogP contribution in [0.1, 0.15) is 30.5 Å². The molecule has 25 heavy (non-hydrogen) atoms. The maximum absolute atomic E-state index is 13.1. The van der Waals surface area contributed by atoms with Gasteiger partial charge in [0, 0.05) is 24.8 Å². The van der Waals surface area contributed by atoms with Gasteiger partial charge in [-0.3, -0.25) is 4.79 Å². The molecular formula is C17H21F2N5O. The number of amides is 1. The van der Waals surface area contributed by atoms with E-state index in [-0.39, 0.29) is 19.0 Å². The molecule has 1 aromatic carbocycles. The average molecular weight is 349 g/mol. The van der Waals surface area contributed by atoms with E-state index in [1.807, 2.05) is 0 Å². The van der Waals surface area contributed by atoms with Crippen LogP contribution in [0.15, 0.2) is 24.4 Å². The van der Waals surface area contributed by atoms with Gasteiger partial charge in [0.25, 0.3) is 0 Å². The maximum Gasteiger partial charge on any atom is 0.242 e. The summed E-state index contributed by atoms with van der Waals surface area (Å²) in [4.78, 5) is 11.9. The molecule has 1 aliphatic rings. The number of nitrogens with zero attached hydrogens (tertiary/aromatic N) is 3. The van der Waals surface area contributed by atoms with Crippen molar-refractivity contribution in [2.45, 2.75) is 44.8 Å². The third-order valence-corrected chi connectivity index (χ3v) is 4.22. The highest BCUT2D eigenvalue weighted by atomic mass is 19.1. The van der Waals surface area contributed by atoms with Gasteiger partial charge in [-0.2, -0.15) is 0 Å². The smallest absolute Gasteiger partial charge is 0.242 e. The number of rotatable bonds is 7. The molecule has 1 aliphatic heterocycles. The van der Waals surface area contributed by atoms with Gasteiger partial charge in [0.1, 0.15) is 18.2 Å². The Morgan fingerprint density at radius 2 is 2.12 bits per heavy atom. The largest absolute Gasteiger partial charge is 0.350 e. The molecular weight excluding hydrogens is 328 g/mol. The fourth-order valence-corrected chi connectivity index (χ4v) is 2.97. The minimum atomic E-state index is -0.665. The molecule has 0 aliphatic carbocycles. The van der Waals surface area contributed by atoms with Crippen molar-refractivity contribution in [3.05, 3.63) is 47.3 Å². The van der Waals surface area contributed by atoms with Gasteiger partial charge in [-0.1, -0.05) is 5.21 Å². The third-order valence-electron chi connectivity index (χ3n) is 4.22. The van der Waals surface area contributed by atoms with Crippen molar-refractivity contribution in [3.8, 4) is 0 Å². The molecule has 6 nitrogen and oxygen atoms in total. The lowest BCUT2D eigenvalue weighted by Crippen LogP contribution is -2.27. The van der Waals surface area contributed by atoms with Crippen molar-refractivity contribution in [2.75, 3.05) is 6.54 Å². The summed E-state index contributed by atoms with van der Waals surface area (Å²) in [7, 11) is 0. The standard InChI is InChI=1S/C17H21F2N5O/c18-13-6-12(7-14(19)8-13)9-21-17(25)11-24-10-16(22-23-24)4-3-15-2-1-5-20-15/h6-8,10,15,20H,1-5,9,11H2,(H,21,25). The van der Waals surface area contributed by atoms with E-state index in [0.29, 0.717) is 11.6 Å². The lowest BCUT2D eigenvalue weighted by atomic mass is 10.1. The maximum atomic E-state index is 13.1. The van der Waals surface area contributed by atoms with E-state index in [2.05, 4.69) is 20.9 Å². The summed E-state index contributed by atoms with van der Waals surface area (Å²) in [5.74, 6) is -1.62. The highest BCUT2D eigenvalue weighted by molar-refractivity contribution is 5.75. The second kappa shape index (κ2) is 8.15. The minimum Gasteiger partial charge on any atom is -0.350 e. The second-order valence-electron chi connectivity index (χ2n) is 6.29. The molecule has 1 aromatic heterocycles. The summed E-state index contributed by atoms with van der Waals surface area (Å²) in [6.45, 7) is 1.15. The van der Waals surface area contributed by atoms with Gasteiger partial charge >= 0.3 is 0 Å². The summed E-state index contributed by atoms with van der Waals surface area (Å²) in [6, 6.07) is 3.71. The number of carbonyl (C=O) groups excluding carboxylic acids is 1. The molecule has 1 amide bonds. The van der Waals surface area contributed by atoms with Crippen LogP contribution in [-0.2, 0) is 24.3 Å². The average Bonchev–Trinajstić information content (AvgIpc) is 3.21. The van der Waals surface area contributed by atoms with E-state index in [4.69, 9.17) is 0 Å². The molecule has 1 fully saturated rings. The monoisotopic (exact) mass is 349 g/mol. The van der Waals surface area contributed by atoms with E-state index in [0.717, 1.165) is 31.1 Å². The number of aromatic nitrogens is 3. The van der Waals surface area contributed by atoms with Crippen LogP contribution in [0.25, 0.3) is 0 Å². The molecule has 0 saturated carbocycles. The molecule has 1 atom stereocenters. The van der Waals surface area contributed by atoms with Crippen LogP contribution in [0.4, 0.5) is 8.78 Å². The molecule has 0 bridgehead atoms. The Morgan fingerprint density at radius 1 is 1.32 bits per heavy atom. The second-order valence-corrected chi connectivity index (χ2v) is 6.29. The highest BCUT2D eigenvalue weighted by Crippen LogP contribution is 2.11. The van der Waals surface area contributed by atoms with Crippen LogP contribution in [-0.4, -0.2) is 33.5 Å². The Labute approximate surface area is 144 Å². The lowest BCUT2D eigenvalue weighted by Gasteiger charge is -2.07. The van der Waals surface area contributed by atoms with Gasteiger partial charge < -0.3 is 10.6 Å². The zero-order valence-electron chi connectivity index (χ0n) is 13.8. The Kier molecular flexibility index (Phi) is 5.70. The topological polar surface area (TPSA) is 71.8 Å². The molecule has 0 spiro atoms. The molecule has 1 saturated heterocycles. The van der Waals surface area contributed by atoms with Gasteiger partial charge in [-0.25, -0.2) is 13.5 Å². The van der Waals surface area contributed by atoms with Crippen LogP contribution < -0.4 is 10.6 Å². The Balaban J connectivity index is 1.44. The molecule has 8 heteroatoms. The molecule has 2 aromatic rings. The SMILES string of the molecule is O=C(Cn1cc(CCC2CCCN2)nn1)NCc1cc(F)cc(F)c1. The quantitative estimate of drug-likeness (QED) is 0.796. The van der Waals surface area contributed by atoms with Crippen LogP contribution in [0, 0.1) is 11.6 Å². The number of benzene rings is 1. The first-order chi connectivity index (χ1) is 12.1. The summed E-state index contributed by atoms with van der Waals surface area (Å²) >= 11 is 0. The van der Waals surface area contributed by atoms with E-state index in [9.17, 15) is 13.6 Å². The molecule has 2 heterocycles. The number of hydrogen-bond acceptors (Lipinski definition) is 4. The Hall–Kier alpha value is -2.35. The van der Waals surface area contributed by atoms with Crippen molar-refractivity contribution in [1.29, 1.82) is 0 Å². The summed E-state index contributed by atoms with van der Waals surface area (Å²) in [5, 5.41) is 14.1. The van der Waals surface area contributed by atoms with Crippen LogP contribution in [0.3, 0.4) is 0 Å². The zero-order valence-corrected chi connectivity index (χ0v) is 13.8. The fourth-order valence-electron chi connectivity index (χ4n) is 2.97. The van der Waals surface area contributed by atoms with Gasteiger partial charge in [-0.15, -0.1) is 5.10 Å². The van der Waals surface area contributed by atoms with Gasteiger partial charge in [0.05, 0.1) is 5.69 Å². The zero-order chi connectivity index (χ0) is 17.6. The predicted molar refractivity (Wildman–Crippen MR) is 87.6 cm³/mol. The van der Waals surface area contributed by atoms with Crippen LogP contribution >= 0.6 is 0 Å². The normalized spacial score (nSPS) is 17.0. The molecule has 3 rings (SSSR count). The van der Waals surface area contributed by atoms with Gasteiger partial charge in [0.2, 0.25) is 5.91 Å². The summed E-state index contributed by atoms with van der Waals surface area (Å²) < 4.78 is 27.7. The molecule has 134 valence electrons. The van der Waals surface area contributed by atoms with E-state index in [1.165, 1.54) is 29.7 Å². The number of nitrogens with one attached hydrogen (secondary N) is 2. The first kappa shape index (κ1) is 17.5. The highest BCUT2D eigenvalue weighted by Gasteiger charge is 2.14. The third kappa shape index (κ3) is 5.32. The summed E-state index contributed by atoms with van der Waals surface area (Å²) in [5.41, 5.74) is 1.22. The van der Waals surface area contributed by atoms with Gasteiger partial charge in [-0.05, 0) is 49.9 Å². The van der Waals surface area contributed by atoms with Crippen LogP contribution in [0.2, 0.25) is 0 Å². The van der Waals surface area contributed by atoms with Crippen molar-refractivity contribution in [3.63, 3.8) is 0 Å². The fraction of sp³-hybridized carbons (Fsp3) is 0.471. The number of carbonyl (C=O) groups is 1. The van der Waals surface area contributed by atoms with Gasteiger partial charge in [0.15, 0.2) is 0 Å². The minimum absolute atomic E-state index is 0.0203. The van der Waals surface area contributed by atoms with Crippen molar-refractivity contribution < 1.29 is 13.6 Å². The van der Waals surface area contributed by atoms with E-state index >= 15 is 0 Å². The number of hydrogen-bond donors (Lipinski definition) is 2. The van der Waals surface area contributed by atoms with Crippen molar-refractivity contribution in [1.82, 2.24) is 25.6 Å². The molecule has 2 N–H and O–H groups in total. The van der Waals surface area contributed by atoms with Crippen molar-refractivity contribution in [2.24, 2.45) is 0 Å². The summed E-state index contributed by atoms with van der Waals surface area (Å²) in [6.07, 6.45) is 6.00. The van der Waals surface area contributed by atoms with E-state index < -0.39 is 11.6 Å². The van der Waals surface area contributed by atoms with E-state index in [1.54, 1.807) is 6.20 Å². The molecule has 0 radical (unpaired) electrons. The lowest BCUT2D eigenvalue weighted by molar-refractivity contribution is -0.122. The van der Waals surface area contributed by atoms with Crippen molar-refractivity contribution >= 4 is 5.91 Å².